The summed E-state index contributed by atoms with van der Waals surface area (Å²) in [5, 5.41) is 11.3. The summed E-state index contributed by atoms with van der Waals surface area (Å²) in [5.74, 6) is -0.0434. The van der Waals surface area contributed by atoms with E-state index in [0.29, 0.717) is 40.4 Å². The van der Waals surface area contributed by atoms with E-state index in [9.17, 15) is 9.59 Å². The molecule has 0 aliphatic heterocycles. The average molecular weight is 498 g/mol. The Balaban J connectivity index is 2.37. The molecule has 0 heterocycles. The number of methoxy groups -OCH3 is 2. The molecule has 0 radical (unpaired) electrons. The number of rotatable bonds is 11. The molecule has 1 amide bonds. The molecule has 0 fully saturated rings. The number of hydrogen-bond donors (Lipinski definition) is 1. The molecule has 33 heavy (non-hydrogen) atoms. The molecule has 2 aromatic carbocycles. The number of halogens is 2. The lowest BCUT2D eigenvalue weighted by Crippen LogP contribution is -2.32. The minimum atomic E-state index is -1.43. The standard InChI is InChI=1S/C22H25Cl2N3O6/c1-6-32-15-10-14(11-16(19(15)24)33-7-2)26-27-20(12(3)28)22(29)25-21-17(30-4)8-13(23)9-18(21)31-5/h8-11,20H,6-7H2,1-5H3,(H,25,29). The fourth-order valence-electron chi connectivity index (χ4n) is 2.77. The Hall–Kier alpha value is -3.04. The van der Waals surface area contributed by atoms with Gasteiger partial charge in [0.2, 0.25) is 6.04 Å². The zero-order valence-corrected chi connectivity index (χ0v) is 20.4. The number of nitrogens with one attached hydrogen (secondary N) is 1. The van der Waals surface area contributed by atoms with Crippen LogP contribution in [-0.2, 0) is 9.59 Å². The van der Waals surface area contributed by atoms with Gasteiger partial charge in [0.1, 0.15) is 33.7 Å². The van der Waals surface area contributed by atoms with Gasteiger partial charge in [-0.05, 0) is 20.8 Å². The molecule has 0 aliphatic rings. The number of azo groups is 1. The van der Waals surface area contributed by atoms with Crippen LogP contribution in [0.4, 0.5) is 11.4 Å². The number of Topliss-reactive ketones (excluding diaryl/α,β-unsaturated/α-hetero) is 1. The van der Waals surface area contributed by atoms with Gasteiger partial charge in [-0.2, -0.15) is 10.2 Å². The largest absolute Gasteiger partial charge is 0.494 e. The Kier molecular flexibility index (Phi) is 9.74. The molecule has 11 heteroatoms. The van der Waals surface area contributed by atoms with Crippen LogP contribution in [0.2, 0.25) is 10.0 Å². The first kappa shape index (κ1) is 26.2. The van der Waals surface area contributed by atoms with Crippen molar-refractivity contribution in [2.24, 2.45) is 10.2 Å². The van der Waals surface area contributed by atoms with Gasteiger partial charge >= 0.3 is 0 Å². The Morgan fingerprint density at radius 3 is 1.88 bits per heavy atom. The topological polar surface area (TPSA) is 108 Å². The third-order valence-electron chi connectivity index (χ3n) is 4.23. The Labute approximate surface area is 202 Å². The van der Waals surface area contributed by atoms with E-state index in [1.54, 1.807) is 13.8 Å². The highest BCUT2D eigenvalue weighted by Crippen LogP contribution is 2.39. The van der Waals surface area contributed by atoms with Gasteiger partial charge in [0, 0.05) is 29.3 Å². The van der Waals surface area contributed by atoms with Crippen molar-refractivity contribution >= 4 is 46.3 Å². The summed E-state index contributed by atoms with van der Waals surface area (Å²) in [6, 6.07) is 4.65. The van der Waals surface area contributed by atoms with Gasteiger partial charge in [0.15, 0.2) is 5.78 Å². The van der Waals surface area contributed by atoms with E-state index in [0.717, 1.165) is 0 Å². The van der Waals surface area contributed by atoms with Crippen LogP contribution >= 0.6 is 23.2 Å². The summed E-state index contributed by atoms with van der Waals surface area (Å²) in [5.41, 5.74) is 0.506. The molecule has 9 nitrogen and oxygen atoms in total. The lowest BCUT2D eigenvalue weighted by molar-refractivity contribution is -0.126. The summed E-state index contributed by atoms with van der Waals surface area (Å²) in [7, 11) is 2.82. The maximum absolute atomic E-state index is 12.9. The SMILES string of the molecule is CCOc1cc(N=NC(C(C)=O)C(=O)Nc2c(OC)cc(Cl)cc2OC)cc(OCC)c1Cl. The smallest absolute Gasteiger partial charge is 0.259 e. The molecule has 0 bridgehead atoms. The second-order valence-electron chi connectivity index (χ2n) is 6.53. The van der Waals surface area contributed by atoms with E-state index < -0.39 is 17.7 Å². The third-order valence-corrected chi connectivity index (χ3v) is 4.82. The Morgan fingerprint density at radius 2 is 1.45 bits per heavy atom. The second-order valence-corrected chi connectivity index (χ2v) is 7.34. The van der Waals surface area contributed by atoms with E-state index in [-0.39, 0.29) is 17.2 Å². The number of ether oxygens (including phenoxy) is 4. The van der Waals surface area contributed by atoms with Crippen LogP contribution in [0.1, 0.15) is 20.8 Å². The van der Waals surface area contributed by atoms with E-state index in [4.69, 9.17) is 42.1 Å². The van der Waals surface area contributed by atoms with Crippen molar-refractivity contribution in [1.29, 1.82) is 0 Å². The number of ketones is 1. The molecule has 0 saturated carbocycles. The first-order chi connectivity index (χ1) is 15.7. The Bertz CT molecular complexity index is 993. The number of amides is 1. The summed E-state index contributed by atoms with van der Waals surface area (Å²) >= 11 is 12.3. The predicted octanol–water partition coefficient (Wildman–Crippen LogP) is 5.49. The molecule has 0 aromatic heterocycles. The number of benzene rings is 2. The molecule has 0 spiro atoms. The normalized spacial score (nSPS) is 11.7. The predicted molar refractivity (Wildman–Crippen MR) is 126 cm³/mol. The van der Waals surface area contributed by atoms with Crippen LogP contribution in [0.5, 0.6) is 23.0 Å². The van der Waals surface area contributed by atoms with E-state index in [1.165, 1.54) is 45.4 Å². The minimum Gasteiger partial charge on any atom is -0.494 e. The molecule has 1 unspecified atom stereocenters. The molecule has 1 N–H and O–H groups in total. The van der Waals surface area contributed by atoms with Crippen LogP contribution in [-0.4, -0.2) is 45.2 Å². The first-order valence-corrected chi connectivity index (χ1v) is 10.7. The van der Waals surface area contributed by atoms with Gasteiger partial charge in [-0.25, -0.2) is 0 Å². The lowest BCUT2D eigenvalue weighted by Gasteiger charge is -2.16. The van der Waals surface area contributed by atoms with Crippen LogP contribution < -0.4 is 24.3 Å². The monoisotopic (exact) mass is 497 g/mol. The molecule has 0 saturated heterocycles. The average Bonchev–Trinajstić information content (AvgIpc) is 2.77. The lowest BCUT2D eigenvalue weighted by atomic mass is 10.2. The highest BCUT2D eigenvalue weighted by Gasteiger charge is 2.26. The molecule has 1 atom stereocenters. The fourth-order valence-corrected chi connectivity index (χ4v) is 3.19. The van der Waals surface area contributed by atoms with Crippen LogP contribution in [0.15, 0.2) is 34.5 Å². The van der Waals surface area contributed by atoms with Crippen molar-refractivity contribution < 1.29 is 28.5 Å². The van der Waals surface area contributed by atoms with Crippen LogP contribution in [0.3, 0.4) is 0 Å². The van der Waals surface area contributed by atoms with Crippen LogP contribution in [0, 0.1) is 0 Å². The first-order valence-electron chi connectivity index (χ1n) is 9.98. The van der Waals surface area contributed by atoms with Crippen molar-refractivity contribution in [2.75, 3.05) is 32.8 Å². The second kappa shape index (κ2) is 12.3. The molecular weight excluding hydrogens is 473 g/mol. The van der Waals surface area contributed by atoms with Crippen molar-refractivity contribution in [3.63, 3.8) is 0 Å². The van der Waals surface area contributed by atoms with Crippen molar-refractivity contribution in [3.05, 3.63) is 34.3 Å². The summed E-state index contributed by atoms with van der Waals surface area (Å²) in [6.45, 7) is 5.59. The Morgan fingerprint density at radius 1 is 0.939 bits per heavy atom. The zero-order chi connectivity index (χ0) is 24.5. The zero-order valence-electron chi connectivity index (χ0n) is 18.9. The molecule has 178 valence electrons. The number of hydrogen-bond acceptors (Lipinski definition) is 8. The maximum atomic E-state index is 12.9. The third kappa shape index (κ3) is 6.72. The van der Waals surface area contributed by atoms with Gasteiger partial charge < -0.3 is 24.3 Å². The number of carbonyl (C=O) groups excluding carboxylic acids is 2. The summed E-state index contributed by atoms with van der Waals surface area (Å²) in [4.78, 5) is 25.1. The van der Waals surface area contributed by atoms with Crippen molar-refractivity contribution in [2.45, 2.75) is 26.8 Å². The van der Waals surface area contributed by atoms with Gasteiger partial charge in [0.05, 0.1) is 33.1 Å². The van der Waals surface area contributed by atoms with Crippen molar-refractivity contribution in [1.82, 2.24) is 0 Å². The molecule has 2 aromatic rings. The van der Waals surface area contributed by atoms with E-state index in [2.05, 4.69) is 15.5 Å². The summed E-state index contributed by atoms with van der Waals surface area (Å²) in [6.07, 6.45) is 0. The van der Waals surface area contributed by atoms with Gasteiger partial charge in [0.25, 0.3) is 5.91 Å². The van der Waals surface area contributed by atoms with Gasteiger partial charge in [-0.1, -0.05) is 23.2 Å². The van der Waals surface area contributed by atoms with Crippen molar-refractivity contribution in [3.8, 4) is 23.0 Å². The molecule has 0 aliphatic carbocycles. The highest BCUT2D eigenvalue weighted by molar-refractivity contribution is 6.33. The summed E-state index contributed by atoms with van der Waals surface area (Å²) < 4.78 is 21.5. The quantitative estimate of drug-likeness (QED) is 0.324. The number of nitrogens with zero attached hydrogens (tertiary/aromatic N) is 2. The molecule has 2 rings (SSSR count). The maximum Gasteiger partial charge on any atom is 0.259 e. The van der Waals surface area contributed by atoms with Gasteiger partial charge in [-0.3, -0.25) is 9.59 Å². The highest BCUT2D eigenvalue weighted by atomic mass is 35.5. The number of anilines is 1. The van der Waals surface area contributed by atoms with Gasteiger partial charge in [-0.15, -0.1) is 0 Å². The van der Waals surface area contributed by atoms with Crippen LogP contribution in [0.25, 0.3) is 0 Å². The van der Waals surface area contributed by atoms with E-state index in [1.807, 2.05) is 0 Å². The minimum absolute atomic E-state index is 0.208. The van der Waals surface area contributed by atoms with E-state index >= 15 is 0 Å². The fraction of sp³-hybridized carbons (Fsp3) is 0.364. The number of carbonyl (C=O) groups is 2. The molecular formula is C22H25Cl2N3O6.